The van der Waals surface area contributed by atoms with Crippen LogP contribution in [0.4, 0.5) is 5.95 Å². The molecule has 3 heterocycles. The van der Waals surface area contributed by atoms with Gasteiger partial charge in [-0.05, 0) is 12.1 Å². The Labute approximate surface area is 176 Å². The van der Waals surface area contributed by atoms with Gasteiger partial charge in [-0.25, -0.2) is 9.67 Å². The quantitative estimate of drug-likeness (QED) is 0.440. The van der Waals surface area contributed by atoms with Crippen LogP contribution in [0, 0.1) is 0 Å². The number of rotatable bonds is 6. The summed E-state index contributed by atoms with van der Waals surface area (Å²) in [5.74, 6) is 0.420. The van der Waals surface area contributed by atoms with Crippen LogP contribution in [0.15, 0.2) is 77.0 Å². The predicted octanol–water partition coefficient (Wildman–Crippen LogP) is 3.89. The van der Waals surface area contributed by atoms with E-state index in [1.807, 2.05) is 48.5 Å². The summed E-state index contributed by atoms with van der Waals surface area (Å²) in [4.78, 5) is 24.5. The van der Waals surface area contributed by atoms with E-state index in [0.29, 0.717) is 23.5 Å². The molecule has 0 aliphatic carbocycles. The molecule has 0 radical (unpaired) electrons. The van der Waals surface area contributed by atoms with Gasteiger partial charge < -0.3 is 5.32 Å². The van der Waals surface area contributed by atoms with Gasteiger partial charge in [-0.3, -0.25) is 9.78 Å². The van der Waals surface area contributed by atoms with Crippen LogP contribution >= 0.6 is 11.3 Å². The van der Waals surface area contributed by atoms with Gasteiger partial charge in [0.2, 0.25) is 5.95 Å². The zero-order valence-corrected chi connectivity index (χ0v) is 16.8. The average Bonchev–Trinajstić information content (AvgIpc) is 3.43. The van der Waals surface area contributed by atoms with E-state index >= 15 is 0 Å². The molecule has 0 aliphatic heterocycles. The number of H-pyrrole nitrogens is 1. The van der Waals surface area contributed by atoms with Crippen LogP contribution in [0.3, 0.4) is 0 Å². The van der Waals surface area contributed by atoms with Gasteiger partial charge in [0.25, 0.3) is 5.56 Å². The predicted molar refractivity (Wildman–Crippen MR) is 119 cm³/mol. The number of benzene rings is 2. The average molecular weight is 414 g/mol. The topological polar surface area (TPSA) is 88.5 Å². The van der Waals surface area contributed by atoms with Crippen LogP contribution in [0.25, 0.3) is 27.3 Å². The molecule has 0 unspecified atom stereocenters. The van der Waals surface area contributed by atoms with E-state index in [1.54, 1.807) is 22.2 Å². The smallest absolute Gasteiger partial charge is 0.263 e. The van der Waals surface area contributed by atoms with Crippen LogP contribution < -0.4 is 10.9 Å². The molecule has 3 aromatic heterocycles. The van der Waals surface area contributed by atoms with Crippen molar-refractivity contribution in [2.75, 3.05) is 11.9 Å². The lowest BCUT2D eigenvalue weighted by atomic mass is 10.2. The molecule has 2 N–H and O–H groups in total. The number of nitrogens with one attached hydrogen (secondary N) is 2. The second-order valence-corrected chi connectivity index (χ2v) is 7.59. The fourth-order valence-electron chi connectivity index (χ4n) is 3.20. The van der Waals surface area contributed by atoms with Gasteiger partial charge in [0.15, 0.2) is 5.65 Å². The number of aromatic nitrogens is 5. The summed E-state index contributed by atoms with van der Waals surface area (Å²) in [7, 11) is 0. The second kappa shape index (κ2) is 7.92. The van der Waals surface area contributed by atoms with E-state index in [4.69, 9.17) is 4.98 Å². The van der Waals surface area contributed by atoms with Crippen LogP contribution in [0.5, 0.6) is 0 Å². The van der Waals surface area contributed by atoms with Gasteiger partial charge in [-0.15, -0.1) is 11.3 Å². The molecule has 30 heavy (non-hydrogen) atoms. The zero-order valence-electron chi connectivity index (χ0n) is 15.9. The number of nitrogens with zero attached hydrogens (tertiary/aromatic N) is 4. The monoisotopic (exact) mass is 414 g/mol. The van der Waals surface area contributed by atoms with Crippen LogP contribution in [-0.2, 0) is 6.42 Å². The first-order chi connectivity index (χ1) is 14.8. The number of hydrogen-bond donors (Lipinski definition) is 2. The van der Waals surface area contributed by atoms with E-state index in [9.17, 15) is 4.79 Å². The van der Waals surface area contributed by atoms with Gasteiger partial charge in [0.05, 0.1) is 17.6 Å². The Hall–Kier alpha value is -3.78. The molecule has 0 aliphatic rings. The first-order valence-corrected chi connectivity index (χ1v) is 10.4. The number of anilines is 1. The third-order valence-electron chi connectivity index (χ3n) is 4.68. The fraction of sp³-hybridized carbons (Fsp3) is 0.0909. The van der Waals surface area contributed by atoms with Crippen molar-refractivity contribution < 1.29 is 0 Å². The molecule has 148 valence electrons. The first-order valence-electron chi connectivity index (χ1n) is 9.55. The summed E-state index contributed by atoms with van der Waals surface area (Å²) in [6, 6.07) is 19.8. The van der Waals surface area contributed by atoms with Gasteiger partial charge in [-0.2, -0.15) is 10.1 Å². The Morgan fingerprint density at radius 3 is 2.57 bits per heavy atom. The standard InChI is InChI=1S/C22H18N6OS/c29-20-18-13-24-28(17-9-5-2-6-10-17)19(18)26-22(27-20)23-12-11-16-14-30-21(25-16)15-7-3-1-4-8-15/h1-10,13-14H,11-12H2,(H2,23,26,27,29). The lowest BCUT2D eigenvalue weighted by molar-refractivity contribution is 0.891. The molecule has 8 heteroatoms. The van der Waals surface area contributed by atoms with Gasteiger partial charge in [0.1, 0.15) is 10.4 Å². The van der Waals surface area contributed by atoms with Gasteiger partial charge in [-0.1, -0.05) is 48.5 Å². The number of thiazole rings is 1. The minimum atomic E-state index is -0.218. The van der Waals surface area contributed by atoms with Crippen molar-refractivity contribution in [1.82, 2.24) is 24.7 Å². The normalized spacial score (nSPS) is 11.1. The maximum atomic E-state index is 12.4. The van der Waals surface area contributed by atoms with Crippen molar-refractivity contribution in [2.24, 2.45) is 0 Å². The van der Waals surface area contributed by atoms with Crippen LogP contribution in [-0.4, -0.2) is 31.3 Å². The summed E-state index contributed by atoms with van der Waals surface area (Å²) in [5.41, 5.74) is 3.28. The molecule has 0 saturated carbocycles. The molecule has 0 spiro atoms. The molecule has 0 saturated heterocycles. The van der Waals surface area contributed by atoms with Crippen molar-refractivity contribution in [3.63, 3.8) is 0 Å². The lowest BCUT2D eigenvalue weighted by Gasteiger charge is -2.06. The molecule has 7 nitrogen and oxygen atoms in total. The molecular formula is C22H18N6OS. The lowest BCUT2D eigenvalue weighted by Crippen LogP contribution is -2.15. The summed E-state index contributed by atoms with van der Waals surface area (Å²) in [5, 5.41) is 11.0. The van der Waals surface area contributed by atoms with Gasteiger partial charge in [0, 0.05) is 23.9 Å². The number of hydrogen-bond acceptors (Lipinski definition) is 6. The minimum Gasteiger partial charge on any atom is -0.355 e. The molecule has 0 bridgehead atoms. The minimum absolute atomic E-state index is 0.218. The van der Waals surface area contributed by atoms with Crippen LogP contribution in [0.2, 0.25) is 0 Å². The highest BCUT2D eigenvalue weighted by Crippen LogP contribution is 2.23. The van der Waals surface area contributed by atoms with Crippen molar-refractivity contribution in [3.8, 4) is 16.3 Å². The fourth-order valence-corrected chi connectivity index (χ4v) is 4.06. The van der Waals surface area contributed by atoms with Crippen molar-refractivity contribution in [3.05, 3.63) is 88.3 Å². The molecule has 0 fully saturated rings. The van der Waals surface area contributed by atoms with E-state index in [0.717, 1.165) is 28.4 Å². The van der Waals surface area contributed by atoms with Gasteiger partial charge >= 0.3 is 0 Å². The molecule has 0 atom stereocenters. The van der Waals surface area contributed by atoms with E-state index < -0.39 is 0 Å². The summed E-state index contributed by atoms with van der Waals surface area (Å²) >= 11 is 1.63. The van der Waals surface area contributed by atoms with Crippen molar-refractivity contribution >= 4 is 28.3 Å². The Balaban J connectivity index is 1.33. The van der Waals surface area contributed by atoms with E-state index in [1.165, 1.54) is 0 Å². The first kappa shape index (κ1) is 18.3. The molecular weight excluding hydrogens is 396 g/mol. The largest absolute Gasteiger partial charge is 0.355 e. The zero-order chi connectivity index (χ0) is 20.3. The molecule has 0 amide bonds. The van der Waals surface area contributed by atoms with Crippen LogP contribution in [0.1, 0.15) is 5.69 Å². The third kappa shape index (κ3) is 3.60. The number of fused-ring (bicyclic) bond motifs is 1. The highest BCUT2D eigenvalue weighted by atomic mass is 32.1. The highest BCUT2D eigenvalue weighted by molar-refractivity contribution is 7.13. The summed E-state index contributed by atoms with van der Waals surface area (Å²) in [6.45, 7) is 0.603. The Kier molecular flexibility index (Phi) is 4.82. The van der Waals surface area contributed by atoms with Crippen molar-refractivity contribution in [2.45, 2.75) is 6.42 Å². The summed E-state index contributed by atoms with van der Waals surface area (Å²) < 4.78 is 1.67. The number of aromatic amines is 1. The molecule has 5 rings (SSSR count). The Morgan fingerprint density at radius 1 is 1.00 bits per heavy atom. The third-order valence-corrected chi connectivity index (χ3v) is 5.63. The maximum absolute atomic E-state index is 12.4. The molecule has 5 aromatic rings. The summed E-state index contributed by atoms with van der Waals surface area (Å²) in [6.07, 6.45) is 2.27. The Morgan fingerprint density at radius 2 is 1.77 bits per heavy atom. The molecule has 2 aromatic carbocycles. The van der Waals surface area contributed by atoms with Crippen molar-refractivity contribution in [1.29, 1.82) is 0 Å². The Bertz CT molecular complexity index is 1340. The maximum Gasteiger partial charge on any atom is 0.263 e. The SMILES string of the molecule is O=c1[nH]c(NCCc2csc(-c3ccccc3)n2)nc2c1cnn2-c1ccccc1. The second-order valence-electron chi connectivity index (χ2n) is 6.73. The number of para-hydroxylation sites is 1. The van der Waals surface area contributed by atoms with E-state index in [-0.39, 0.29) is 5.56 Å². The highest BCUT2D eigenvalue weighted by Gasteiger charge is 2.11. The van der Waals surface area contributed by atoms with E-state index in [2.05, 4.69) is 37.9 Å².